The third kappa shape index (κ3) is 1.91. The minimum atomic E-state index is -0.392. The molecule has 0 unspecified atom stereocenters. The lowest BCUT2D eigenvalue weighted by Gasteiger charge is -2.04. The maximum Gasteiger partial charge on any atom is 0.132 e. The first kappa shape index (κ1) is 10.3. The zero-order valence-corrected chi connectivity index (χ0v) is 8.13. The number of hydrogen-bond donors (Lipinski definition) is 1. The van der Waals surface area contributed by atoms with Crippen molar-refractivity contribution in [3.8, 4) is 6.07 Å². The fourth-order valence-electron chi connectivity index (χ4n) is 1.10. The number of nitrogens with two attached hydrogens (primary N) is 1. The van der Waals surface area contributed by atoms with Crippen molar-refractivity contribution in [1.82, 2.24) is 0 Å². The summed E-state index contributed by atoms with van der Waals surface area (Å²) in [5, 5.41) is 8.60. The molecule has 0 amide bonds. The third-order valence-electron chi connectivity index (χ3n) is 1.99. The molecule has 0 saturated heterocycles. The Bertz CT molecular complexity index is 427. The molecule has 0 fully saturated rings. The van der Waals surface area contributed by atoms with Crippen molar-refractivity contribution in [2.24, 2.45) is 5.73 Å². The van der Waals surface area contributed by atoms with Gasteiger partial charge in [0.05, 0.1) is 17.3 Å². The topological polar surface area (TPSA) is 49.8 Å². The van der Waals surface area contributed by atoms with Gasteiger partial charge in [-0.15, -0.1) is 0 Å². The zero-order valence-electron chi connectivity index (χ0n) is 8.13. The van der Waals surface area contributed by atoms with Gasteiger partial charge in [-0.2, -0.15) is 5.26 Å². The Morgan fingerprint density at radius 3 is 2.64 bits per heavy atom. The molecule has 0 aliphatic rings. The summed E-state index contributed by atoms with van der Waals surface area (Å²) in [6.07, 6.45) is 0. The van der Waals surface area contributed by atoms with E-state index in [9.17, 15) is 4.39 Å². The van der Waals surface area contributed by atoms with E-state index in [4.69, 9.17) is 11.0 Å². The fourth-order valence-corrected chi connectivity index (χ4v) is 1.10. The van der Waals surface area contributed by atoms with Crippen molar-refractivity contribution >= 4 is 5.70 Å². The van der Waals surface area contributed by atoms with Crippen molar-refractivity contribution < 1.29 is 4.39 Å². The summed E-state index contributed by atoms with van der Waals surface area (Å²) in [5.41, 5.74) is 7.26. The number of aryl methyl sites for hydroxylation is 1. The first-order chi connectivity index (χ1) is 6.56. The van der Waals surface area contributed by atoms with Crippen LogP contribution in [0.1, 0.15) is 18.1 Å². The molecule has 72 valence electrons. The summed E-state index contributed by atoms with van der Waals surface area (Å²) >= 11 is 0. The molecule has 14 heavy (non-hydrogen) atoms. The Hall–Kier alpha value is -1.82. The normalized spacial score (nSPS) is 11.9. The van der Waals surface area contributed by atoms with Crippen LogP contribution < -0.4 is 5.73 Å². The summed E-state index contributed by atoms with van der Waals surface area (Å²) in [7, 11) is 0. The van der Waals surface area contributed by atoms with Crippen molar-refractivity contribution in [2.75, 3.05) is 0 Å². The quantitative estimate of drug-likeness (QED) is 0.691. The molecule has 0 aliphatic carbocycles. The van der Waals surface area contributed by atoms with Crippen molar-refractivity contribution in [1.29, 1.82) is 5.26 Å². The lowest BCUT2D eigenvalue weighted by molar-refractivity contribution is 0.622. The molecule has 1 aromatic carbocycles. The van der Waals surface area contributed by atoms with E-state index in [0.29, 0.717) is 5.57 Å². The second-order valence-electron chi connectivity index (χ2n) is 3.13. The maximum absolute atomic E-state index is 13.4. The second kappa shape index (κ2) is 3.93. The van der Waals surface area contributed by atoms with Crippen LogP contribution in [0.3, 0.4) is 0 Å². The van der Waals surface area contributed by atoms with Gasteiger partial charge in [-0.25, -0.2) is 4.39 Å². The Morgan fingerprint density at radius 1 is 1.50 bits per heavy atom. The van der Waals surface area contributed by atoms with Gasteiger partial charge >= 0.3 is 0 Å². The highest BCUT2D eigenvalue weighted by Gasteiger charge is 2.07. The molecular weight excluding hydrogens is 179 g/mol. The largest absolute Gasteiger partial charge is 0.397 e. The number of allylic oxidation sites excluding steroid dienone is 1. The highest BCUT2D eigenvalue weighted by Crippen LogP contribution is 2.17. The van der Waals surface area contributed by atoms with Crippen LogP contribution in [-0.2, 0) is 0 Å². The Kier molecular flexibility index (Phi) is 2.88. The van der Waals surface area contributed by atoms with Gasteiger partial charge in [0.25, 0.3) is 0 Å². The maximum atomic E-state index is 13.4. The fraction of sp³-hybridized carbons (Fsp3) is 0.182. The molecule has 0 radical (unpaired) electrons. The lowest BCUT2D eigenvalue weighted by atomic mass is 10.1. The predicted octanol–water partition coefficient (Wildman–Crippen LogP) is 2.35. The van der Waals surface area contributed by atoms with Gasteiger partial charge in [0.1, 0.15) is 5.82 Å². The first-order valence-electron chi connectivity index (χ1n) is 4.19. The molecular formula is C11H11FN2. The number of benzene rings is 1. The molecule has 0 aromatic heterocycles. The van der Waals surface area contributed by atoms with Crippen LogP contribution in [0.15, 0.2) is 23.8 Å². The minimum Gasteiger partial charge on any atom is -0.397 e. The van der Waals surface area contributed by atoms with Gasteiger partial charge in [0.15, 0.2) is 0 Å². The van der Waals surface area contributed by atoms with E-state index in [-0.39, 0.29) is 11.3 Å². The highest BCUT2D eigenvalue weighted by molar-refractivity contribution is 5.69. The average molecular weight is 190 g/mol. The summed E-state index contributed by atoms with van der Waals surface area (Å²) in [6.45, 7) is 3.36. The van der Waals surface area contributed by atoms with Crippen LogP contribution in [0.5, 0.6) is 0 Å². The molecule has 0 spiro atoms. The number of nitrogens with zero attached hydrogens (tertiary/aromatic N) is 1. The van der Waals surface area contributed by atoms with Crippen LogP contribution in [0.4, 0.5) is 4.39 Å². The molecule has 3 heteroatoms. The van der Waals surface area contributed by atoms with Crippen LogP contribution in [-0.4, -0.2) is 0 Å². The number of nitriles is 1. The first-order valence-corrected chi connectivity index (χ1v) is 4.19. The predicted molar refractivity (Wildman–Crippen MR) is 53.5 cm³/mol. The summed E-state index contributed by atoms with van der Waals surface area (Å²) < 4.78 is 13.4. The van der Waals surface area contributed by atoms with Gasteiger partial charge in [0.2, 0.25) is 0 Å². The van der Waals surface area contributed by atoms with E-state index in [1.54, 1.807) is 26.0 Å². The molecule has 0 saturated carbocycles. The SMILES string of the molecule is C/C(C#N)=C(/N)c1ccc(C)cc1F. The molecule has 1 aromatic rings. The van der Waals surface area contributed by atoms with E-state index in [1.165, 1.54) is 6.07 Å². The van der Waals surface area contributed by atoms with Gasteiger partial charge in [-0.05, 0) is 31.5 Å². The van der Waals surface area contributed by atoms with E-state index < -0.39 is 5.82 Å². The van der Waals surface area contributed by atoms with Gasteiger partial charge in [0, 0.05) is 5.56 Å². The molecule has 2 nitrogen and oxygen atoms in total. The molecule has 0 bridgehead atoms. The monoisotopic (exact) mass is 190 g/mol. The smallest absolute Gasteiger partial charge is 0.132 e. The lowest BCUT2D eigenvalue weighted by Crippen LogP contribution is -2.02. The van der Waals surface area contributed by atoms with Crippen molar-refractivity contribution in [3.05, 3.63) is 40.7 Å². The van der Waals surface area contributed by atoms with Crippen LogP contribution in [0.2, 0.25) is 0 Å². The molecule has 0 heterocycles. The van der Waals surface area contributed by atoms with E-state index in [1.807, 2.05) is 6.07 Å². The molecule has 0 atom stereocenters. The van der Waals surface area contributed by atoms with E-state index >= 15 is 0 Å². The van der Waals surface area contributed by atoms with Crippen molar-refractivity contribution in [3.63, 3.8) is 0 Å². The number of rotatable bonds is 1. The van der Waals surface area contributed by atoms with Crippen LogP contribution >= 0.6 is 0 Å². The number of halogens is 1. The Balaban J connectivity index is 3.29. The third-order valence-corrected chi connectivity index (χ3v) is 1.99. The van der Waals surface area contributed by atoms with E-state index in [2.05, 4.69) is 0 Å². The Labute approximate surface area is 82.5 Å². The standard InChI is InChI=1S/C11H11FN2/c1-7-3-4-9(10(12)5-7)11(14)8(2)6-13/h3-5H,14H2,1-2H3/b11-8-. The molecule has 0 aliphatic heterocycles. The minimum absolute atomic E-state index is 0.199. The van der Waals surface area contributed by atoms with E-state index in [0.717, 1.165) is 5.56 Å². The number of hydrogen-bond acceptors (Lipinski definition) is 2. The Morgan fingerprint density at radius 2 is 2.14 bits per heavy atom. The van der Waals surface area contributed by atoms with Crippen LogP contribution in [0.25, 0.3) is 5.70 Å². The van der Waals surface area contributed by atoms with Gasteiger partial charge in [-0.1, -0.05) is 6.07 Å². The second-order valence-corrected chi connectivity index (χ2v) is 3.13. The van der Waals surface area contributed by atoms with Crippen molar-refractivity contribution in [2.45, 2.75) is 13.8 Å². The summed E-state index contributed by atoms with van der Waals surface area (Å²) in [6, 6.07) is 6.63. The highest BCUT2D eigenvalue weighted by atomic mass is 19.1. The van der Waals surface area contributed by atoms with Crippen LogP contribution in [0, 0.1) is 24.1 Å². The van der Waals surface area contributed by atoms with Gasteiger partial charge < -0.3 is 5.73 Å². The summed E-state index contributed by atoms with van der Waals surface area (Å²) in [5.74, 6) is -0.392. The molecule has 2 N–H and O–H groups in total. The zero-order chi connectivity index (χ0) is 10.7. The average Bonchev–Trinajstić information content (AvgIpc) is 2.15. The summed E-state index contributed by atoms with van der Waals surface area (Å²) in [4.78, 5) is 0. The van der Waals surface area contributed by atoms with Gasteiger partial charge in [-0.3, -0.25) is 0 Å². The molecule has 1 rings (SSSR count).